The molecule has 2 saturated heterocycles. The summed E-state index contributed by atoms with van der Waals surface area (Å²) in [6.07, 6.45) is 4.17. The van der Waals surface area contributed by atoms with Crippen LogP contribution in [0.1, 0.15) is 17.5 Å². The first-order valence-electron chi connectivity index (χ1n) is 9.18. The van der Waals surface area contributed by atoms with Gasteiger partial charge in [-0.1, -0.05) is 29.8 Å². The van der Waals surface area contributed by atoms with Gasteiger partial charge < -0.3 is 14.5 Å². The summed E-state index contributed by atoms with van der Waals surface area (Å²) in [6, 6.07) is 10.2. The lowest BCUT2D eigenvalue weighted by Gasteiger charge is -2.37. The van der Waals surface area contributed by atoms with E-state index in [4.69, 9.17) is 4.74 Å². The molecule has 0 radical (unpaired) electrons. The Hall–Kier alpha value is -2.47. The molecule has 2 aliphatic rings. The summed E-state index contributed by atoms with van der Waals surface area (Å²) in [5.74, 6) is 0.841. The first kappa shape index (κ1) is 17.0. The highest BCUT2D eigenvalue weighted by molar-refractivity contribution is 5.80. The zero-order valence-electron chi connectivity index (χ0n) is 15.0. The number of hydrogen-bond donors (Lipinski definition) is 0. The molecular formula is C20H24N4O2. The summed E-state index contributed by atoms with van der Waals surface area (Å²) in [5, 5.41) is 0. The topological polar surface area (TPSA) is 58.6 Å². The van der Waals surface area contributed by atoms with Crippen LogP contribution in [0.3, 0.4) is 0 Å². The highest BCUT2D eigenvalue weighted by Gasteiger charge is 2.39. The number of benzene rings is 1. The maximum Gasteiger partial charge on any atom is 0.228 e. The summed E-state index contributed by atoms with van der Waals surface area (Å²) in [4.78, 5) is 25.8. The highest BCUT2D eigenvalue weighted by atomic mass is 16.5. The predicted octanol–water partition coefficient (Wildman–Crippen LogP) is 2.04. The van der Waals surface area contributed by atoms with Gasteiger partial charge >= 0.3 is 0 Å². The number of aromatic nitrogens is 2. The van der Waals surface area contributed by atoms with Gasteiger partial charge in [-0.15, -0.1) is 0 Å². The van der Waals surface area contributed by atoms with Crippen molar-refractivity contribution in [1.82, 2.24) is 14.9 Å². The number of ether oxygens (including phenoxy) is 1. The Bertz CT molecular complexity index is 767. The third kappa shape index (κ3) is 3.55. The summed E-state index contributed by atoms with van der Waals surface area (Å²) in [6.45, 7) is 5.38. The van der Waals surface area contributed by atoms with Crippen molar-refractivity contribution in [3.8, 4) is 0 Å². The largest absolute Gasteiger partial charge is 0.374 e. The van der Waals surface area contributed by atoms with Gasteiger partial charge in [-0.3, -0.25) is 4.79 Å². The maximum atomic E-state index is 13.1. The molecule has 2 fully saturated rings. The molecule has 4 rings (SSSR count). The standard InChI is InChI=1S/C20H24N4O2/c1-15-4-2-5-16(12-15)13-23-10-11-26-18-14-24(9-6-17(18)19(23)25)20-21-7-3-8-22-20/h2-5,7-8,12,17-18H,6,9-11,13-14H2,1H3/t17-,18+/m0/s1. The molecule has 1 aromatic heterocycles. The van der Waals surface area contributed by atoms with Gasteiger partial charge in [0, 0.05) is 38.6 Å². The van der Waals surface area contributed by atoms with Crippen LogP contribution in [0.25, 0.3) is 0 Å². The van der Waals surface area contributed by atoms with E-state index >= 15 is 0 Å². The van der Waals surface area contributed by atoms with Gasteiger partial charge in [-0.25, -0.2) is 9.97 Å². The van der Waals surface area contributed by atoms with E-state index in [2.05, 4.69) is 40.0 Å². The monoisotopic (exact) mass is 352 g/mol. The molecule has 26 heavy (non-hydrogen) atoms. The molecule has 0 unspecified atom stereocenters. The average molecular weight is 352 g/mol. The van der Waals surface area contributed by atoms with Crippen molar-refractivity contribution in [2.45, 2.75) is 26.0 Å². The van der Waals surface area contributed by atoms with E-state index in [0.717, 1.165) is 13.0 Å². The van der Waals surface area contributed by atoms with E-state index in [1.807, 2.05) is 17.0 Å². The number of anilines is 1. The number of aryl methyl sites for hydroxylation is 1. The maximum absolute atomic E-state index is 13.1. The Kier molecular flexibility index (Phi) is 4.84. The van der Waals surface area contributed by atoms with Crippen LogP contribution in [0, 0.1) is 12.8 Å². The number of hydrogen-bond acceptors (Lipinski definition) is 5. The molecule has 0 spiro atoms. The fraction of sp³-hybridized carbons (Fsp3) is 0.450. The van der Waals surface area contributed by atoms with Gasteiger partial charge in [0.15, 0.2) is 0 Å². The molecule has 2 aliphatic heterocycles. The normalized spacial score (nSPS) is 23.5. The van der Waals surface area contributed by atoms with Gasteiger partial charge in [0.1, 0.15) is 0 Å². The van der Waals surface area contributed by atoms with Crippen LogP contribution in [0.5, 0.6) is 0 Å². The quantitative estimate of drug-likeness (QED) is 0.846. The highest BCUT2D eigenvalue weighted by Crippen LogP contribution is 2.27. The van der Waals surface area contributed by atoms with Gasteiger partial charge in [0.25, 0.3) is 0 Å². The number of carbonyl (C=O) groups excluding carboxylic acids is 1. The zero-order valence-corrected chi connectivity index (χ0v) is 15.0. The predicted molar refractivity (Wildman–Crippen MR) is 98.7 cm³/mol. The number of rotatable bonds is 3. The molecule has 0 saturated carbocycles. The fourth-order valence-electron chi connectivity index (χ4n) is 3.85. The molecule has 1 amide bonds. The molecule has 136 valence electrons. The number of carbonyl (C=O) groups is 1. The second kappa shape index (κ2) is 7.41. The molecule has 0 aliphatic carbocycles. The van der Waals surface area contributed by atoms with E-state index < -0.39 is 0 Å². The van der Waals surface area contributed by atoms with Crippen molar-refractivity contribution >= 4 is 11.9 Å². The molecule has 0 N–H and O–H groups in total. The van der Waals surface area contributed by atoms with Crippen molar-refractivity contribution in [3.63, 3.8) is 0 Å². The van der Waals surface area contributed by atoms with E-state index in [-0.39, 0.29) is 17.9 Å². The Balaban J connectivity index is 1.46. The smallest absolute Gasteiger partial charge is 0.228 e. The van der Waals surface area contributed by atoms with Crippen molar-refractivity contribution in [3.05, 3.63) is 53.9 Å². The summed E-state index contributed by atoms with van der Waals surface area (Å²) in [7, 11) is 0. The molecular weight excluding hydrogens is 328 g/mol. The van der Waals surface area contributed by atoms with Gasteiger partial charge in [0.05, 0.1) is 18.6 Å². The lowest BCUT2D eigenvalue weighted by atomic mass is 9.92. The van der Waals surface area contributed by atoms with Crippen LogP contribution < -0.4 is 4.90 Å². The van der Waals surface area contributed by atoms with Crippen molar-refractivity contribution in [1.29, 1.82) is 0 Å². The van der Waals surface area contributed by atoms with E-state index in [1.165, 1.54) is 11.1 Å². The zero-order chi connectivity index (χ0) is 17.9. The van der Waals surface area contributed by atoms with Crippen LogP contribution in [0.2, 0.25) is 0 Å². The van der Waals surface area contributed by atoms with Crippen molar-refractivity contribution < 1.29 is 9.53 Å². The second-order valence-electron chi connectivity index (χ2n) is 7.05. The minimum atomic E-state index is -0.0948. The van der Waals surface area contributed by atoms with Gasteiger partial charge in [-0.05, 0) is 25.0 Å². The van der Waals surface area contributed by atoms with E-state index in [1.54, 1.807) is 12.4 Å². The second-order valence-corrected chi connectivity index (χ2v) is 7.05. The summed E-state index contributed by atoms with van der Waals surface area (Å²) < 4.78 is 6.06. The van der Waals surface area contributed by atoms with E-state index in [9.17, 15) is 4.79 Å². The van der Waals surface area contributed by atoms with Gasteiger partial charge in [0.2, 0.25) is 11.9 Å². The van der Waals surface area contributed by atoms with E-state index in [0.29, 0.717) is 32.2 Å². The Morgan fingerprint density at radius 2 is 2.04 bits per heavy atom. The van der Waals surface area contributed by atoms with Crippen LogP contribution >= 0.6 is 0 Å². The molecule has 3 heterocycles. The summed E-state index contributed by atoms with van der Waals surface area (Å²) >= 11 is 0. The first-order valence-corrected chi connectivity index (χ1v) is 9.18. The van der Waals surface area contributed by atoms with Crippen LogP contribution in [-0.4, -0.2) is 53.1 Å². The molecule has 0 bridgehead atoms. The molecule has 2 atom stereocenters. The number of amides is 1. The Morgan fingerprint density at radius 1 is 1.19 bits per heavy atom. The lowest BCUT2D eigenvalue weighted by molar-refractivity contribution is -0.137. The van der Waals surface area contributed by atoms with Crippen molar-refractivity contribution in [2.24, 2.45) is 5.92 Å². The van der Waals surface area contributed by atoms with Crippen molar-refractivity contribution in [2.75, 3.05) is 31.1 Å². The number of nitrogens with zero attached hydrogens (tertiary/aromatic N) is 4. The number of piperidine rings is 1. The average Bonchev–Trinajstić information content (AvgIpc) is 2.81. The third-order valence-electron chi connectivity index (χ3n) is 5.17. The van der Waals surface area contributed by atoms with Crippen LogP contribution in [-0.2, 0) is 16.1 Å². The molecule has 1 aromatic carbocycles. The Morgan fingerprint density at radius 3 is 2.85 bits per heavy atom. The molecule has 2 aromatic rings. The molecule has 6 heteroatoms. The van der Waals surface area contributed by atoms with Gasteiger partial charge in [-0.2, -0.15) is 0 Å². The minimum Gasteiger partial charge on any atom is -0.374 e. The Labute approximate surface area is 153 Å². The number of fused-ring (bicyclic) bond motifs is 1. The summed E-state index contributed by atoms with van der Waals surface area (Å²) in [5.41, 5.74) is 2.39. The molecule has 6 nitrogen and oxygen atoms in total. The van der Waals surface area contributed by atoms with Crippen LogP contribution in [0.4, 0.5) is 5.95 Å². The van der Waals surface area contributed by atoms with Crippen LogP contribution in [0.15, 0.2) is 42.7 Å². The first-order chi connectivity index (χ1) is 12.7. The lowest BCUT2D eigenvalue weighted by Crippen LogP contribution is -2.49. The third-order valence-corrected chi connectivity index (χ3v) is 5.17. The fourth-order valence-corrected chi connectivity index (χ4v) is 3.85. The minimum absolute atomic E-state index is 0.0812. The SMILES string of the molecule is Cc1cccc(CN2CCO[C@@H]3CN(c4ncccn4)CC[C@@H]3C2=O)c1.